The molecule has 6 N–H and O–H groups in total. The summed E-state index contributed by atoms with van der Waals surface area (Å²) in [6, 6.07) is 11.0. The molecule has 164 valence electrons. The molecule has 1 saturated heterocycles. The van der Waals surface area contributed by atoms with Gasteiger partial charge in [0.05, 0.1) is 6.61 Å². The van der Waals surface area contributed by atoms with Crippen LogP contribution in [-0.4, -0.2) is 68.0 Å². The topological polar surface area (TPSA) is 170 Å². The molecule has 0 amide bonds. The molecule has 0 radical (unpaired) electrons. The van der Waals surface area contributed by atoms with Crippen LogP contribution in [-0.2, 0) is 4.74 Å². The van der Waals surface area contributed by atoms with Crippen molar-refractivity contribution in [2.24, 2.45) is 0 Å². The Kier molecular flexibility index (Phi) is 5.56. The first-order chi connectivity index (χ1) is 14.8. The monoisotopic (exact) mass is 432 g/mol. The third-order valence-electron chi connectivity index (χ3n) is 5.07. The van der Waals surface area contributed by atoms with Crippen LogP contribution in [0.4, 0.5) is 0 Å². The molecular weight excluding hydrogens is 412 g/mol. The van der Waals surface area contributed by atoms with E-state index < -0.39 is 60.0 Å². The van der Waals surface area contributed by atoms with E-state index in [1.165, 1.54) is 6.07 Å². The fourth-order valence-corrected chi connectivity index (χ4v) is 3.41. The van der Waals surface area contributed by atoms with Crippen LogP contribution < -0.4 is 10.2 Å². The van der Waals surface area contributed by atoms with Crippen LogP contribution in [0.1, 0.15) is 0 Å². The highest BCUT2D eigenvalue weighted by Gasteiger charge is 2.45. The van der Waals surface area contributed by atoms with Crippen molar-refractivity contribution < 1.29 is 44.5 Å². The maximum absolute atomic E-state index is 12.7. The van der Waals surface area contributed by atoms with Crippen LogP contribution in [0.3, 0.4) is 0 Å². The van der Waals surface area contributed by atoms with Crippen LogP contribution in [0.25, 0.3) is 22.3 Å². The second-order valence-electron chi connectivity index (χ2n) is 7.10. The molecule has 31 heavy (non-hydrogen) atoms. The number of fused-ring (bicyclic) bond motifs is 1. The lowest BCUT2D eigenvalue weighted by Crippen LogP contribution is -2.60. The Morgan fingerprint density at radius 2 is 1.68 bits per heavy atom. The lowest BCUT2D eigenvalue weighted by molar-refractivity contribution is -0.277. The lowest BCUT2D eigenvalue weighted by atomic mass is 9.99. The minimum atomic E-state index is -1.77. The highest BCUT2D eigenvalue weighted by Crippen LogP contribution is 2.43. The molecule has 0 spiro atoms. The molecule has 1 aromatic heterocycles. The minimum absolute atomic E-state index is 0.109. The molecule has 0 saturated carbocycles. The number of ether oxygens (including phenoxy) is 2. The van der Waals surface area contributed by atoms with E-state index in [0.717, 1.165) is 6.07 Å². The van der Waals surface area contributed by atoms with Crippen LogP contribution >= 0.6 is 0 Å². The zero-order chi connectivity index (χ0) is 22.3. The Labute approximate surface area is 174 Å². The van der Waals surface area contributed by atoms with Gasteiger partial charge in [0.2, 0.25) is 12.0 Å². The number of aliphatic hydroxyl groups is 4. The number of benzene rings is 2. The average Bonchev–Trinajstić information content (AvgIpc) is 2.76. The van der Waals surface area contributed by atoms with Crippen LogP contribution in [0.2, 0.25) is 0 Å². The number of phenols is 2. The van der Waals surface area contributed by atoms with Gasteiger partial charge in [-0.15, -0.1) is 0 Å². The lowest BCUT2D eigenvalue weighted by Gasteiger charge is -2.39. The van der Waals surface area contributed by atoms with Gasteiger partial charge in [-0.1, -0.05) is 30.3 Å². The van der Waals surface area contributed by atoms with Crippen LogP contribution in [0.15, 0.2) is 51.7 Å². The molecule has 10 nitrogen and oxygen atoms in total. The van der Waals surface area contributed by atoms with Crippen LogP contribution in [0, 0.1) is 0 Å². The van der Waals surface area contributed by atoms with E-state index in [1.807, 2.05) is 0 Å². The normalized spacial score (nSPS) is 26.1. The predicted molar refractivity (Wildman–Crippen MR) is 106 cm³/mol. The Bertz CT molecular complexity index is 1140. The zero-order valence-electron chi connectivity index (χ0n) is 16.0. The van der Waals surface area contributed by atoms with Gasteiger partial charge in [-0.25, -0.2) is 0 Å². The highest BCUT2D eigenvalue weighted by molar-refractivity contribution is 5.89. The fraction of sp³-hybridized carbons (Fsp3) is 0.286. The maximum Gasteiger partial charge on any atom is 0.229 e. The van der Waals surface area contributed by atoms with E-state index in [1.54, 1.807) is 30.3 Å². The average molecular weight is 432 g/mol. The highest BCUT2D eigenvalue weighted by atomic mass is 16.7. The van der Waals surface area contributed by atoms with E-state index >= 15 is 0 Å². The summed E-state index contributed by atoms with van der Waals surface area (Å²) in [6.45, 7) is -0.688. The summed E-state index contributed by atoms with van der Waals surface area (Å²) >= 11 is 0. The molecule has 0 aliphatic carbocycles. The molecule has 0 bridgehead atoms. The molecule has 5 atom stereocenters. The van der Waals surface area contributed by atoms with Gasteiger partial charge in [0.25, 0.3) is 0 Å². The number of hydrogen-bond donors (Lipinski definition) is 6. The Hall–Kier alpha value is -3.15. The van der Waals surface area contributed by atoms with Crippen molar-refractivity contribution in [3.05, 3.63) is 52.7 Å². The maximum atomic E-state index is 12.7. The molecule has 2 aromatic carbocycles. The van der Waals surface area contributed by atoms with Gasteiger partial charge in [0, 0.05) is 17.7 Å². The number of aliphatic hydroxyl groups excluding tert-OH is 4. The van der Waals surface area contributed by atoms with Gasteiger partial charge >= 0.3 is 0 Å². The van der Waals surface area contributed by atoms with Gasteiger partial charge in [0.15, 0.2) is 16.9 Å². The molecule has 1 aliphatic rings. The molecule has 3 aromatic rings. The first-order valence-electron chi connectivity index (χ1n) is 9.37. The van der Waals surface area contributed by atoms with E-state index in [-0.39, 0.29) is 16.7 Å². The van der Waals surface area contributed by atoms with E-state index in [4.69, 9.17) is 13.9 Å². The SMILES string of the molecule is O=c1cc(-c2ccccc2)oc2cc(O)c(O[C@H]3O[C@H](CO)[C@@H](O)[C@H](O)[C@H]3O)c(O)c12. The Balaban J connectivity index is 1.74. The molecular formula is C21H20O10. The molecule has 2 heterocycles. The second-order valence-corrected chi connectivity index (χ2v) is 7.10. The number of hydrogen-bond acceptors (Lipinski definition) is 10. The zero-order valence-corrected chi connectivity index (χ0v) is 16.0. The summed E-state index contributed by atoms with van der Waals surface area (Å²) in [6.07, 6.45) is -8.03. The van der Waals surface area contributed by atoms with Gasteiger partial charge in [0.1, 0.15) is 41.1 Å². The van der Waals surface area contributed by atoms with Crippen molar-refractivity contribution in [3.63, 3.8) is 0 Å². The van der Waals surface area contributed by atoms with Gasteiger partial charge < -0.3 is 44.5 Å². The smallest absolute Gasteiger partial charge is 0.229 e. The third-order valence-corrected chi connectivity index (χ3v) is 5.07. The molecule has 1 aliphatic heterocycles. The van der Waals surface area contributed by atoms with Crippen molar-refractivity contribution in [1.82, 2.24) is 0 Å². The third kappa shape index (κ3) is 3.71. The van der Waals surface area contributed by atoms with Crippen LogP contribution in [0.5, 0.6) is 17.2 Å². The van der Waals surface area contributed by atoms with Crippen molar-refractivity contribution in [2.45, 2.75) is 30.7 Å². The quantitative estimate of drug-likeness (QED) is 0.331. The molecule has 10 heteroatoms. The Morgan fingerprint density at radius 3 is 2.35 bits per heavy atom. The summed E-state index contributed by atoms with van der Waals surface area (Å²) in [4.78, 5) is 12.7. The van der Waals surface area contributed by atoms with Crippen molar-refractivity contribution >= 4 is 11.0 Å². The number of rotatable bonds is 4. The van der Waals surface area contributed by atoms with Crippen molar-refractivity contribution in [1.29, 1.82) is 0 Å². The number of aromatic hydroxyl groups is 2. The van der Waals surface area contributed by atoms with Crippen molar-refractivity contribution in [3.8, 4) is 28.6 Å². The first-order valence-corrected chi connectivity index (χ1v) is 9.37. The summed E-state index contributed by atoms with van der Waals surface area (Å²) in [5.41, 5.74) is -0.110. The largest absolute Gasteiger partial charge is 0.504 e. The molecule has 1 fully saturated rings. The summed E-state index contributed by atoms with van der Waals surface area (Å²) < 4.78 is 16.2. The standard InChI is InChI=1S/C21H20O10/c22-8-14-16(25)18(27)19(28)21(30-14)31-20-11(24)7-13-15(17(20)26)10(23)6-12(29-13)9-4-2-1-3-5-9/h1-7,14,16,18-19,21-22,24-28H,8H2/t14-,16-,18+,19-,21-/m1/s1. The summed E-state index contributed by atoms with van der Waals surface area (Å²) in [7, 11) is 0. The second kappa shape index (κ2) is 8.17. The van der Waals surface area contributed by atoms with Gasteiger partial charge in [-0.2, -0.15) is 0 Å². The summed E-state index contributed by atoms with van der Waals surface area (Å²) in [5.74, 6) is -1.77. The first kappa shape index (κ1) is 21.1. The summed E-state index contributed by atoms with van der Waals surface area (Å²) in [5, 5.41) is 59.8. The fourth-order valence-electron chi connectivity index (χ4n) is 3.41. The van der Waals surface area contributed by atoms with E-state index in [9.17, 15) is 35.4 Å². The molecule has 4 rings (SSSR count). The molecule has 0 unspecified atom stereocenters. The van der Waals surface area contributed by atoms with Crippen molar-refractivity contribution in [2.75, 3.05) is 6.61 Å². The van der Waals surface area contributed by atoms with Gasteiger partial charge in [-0.3, -0.25) is 4.79 Å². The Morgan fingerprint density at radius 1 is 0.968 bits per heavy atom. The predicted octanol–water partition coefficient (Wildman–Crippen LogP) is 0.0499. The van der Waals surface area contributed by atoms with Gasteiger partial charge in [-0.05, 0) is 0 Å². The minimum Gasteiger partial charge on any atom is -0.504 e. The van der Waals surface area contributed by atoms with E-state index in [2.05, 4.69) is 0 Å². The number of phenolic OH excluding ortho intramolecular Hbond substituents is 2. The van der Waals surface area contributed by atoms with E-state index in [0.29, 0.717) is 5.56 Å².